The molecule has 2 rings (SSSR count). The molecule has 0 N–H and O–H groups in total. The number of methoxy groups -OCH3 is 1. The van der Waals surface area contributed by atoms with Gasteiger partial charge in [-0.2, -0.15) is 0 Å². The minimum absolute atomic E-state index is 0.518. The molecule has 1 radical (unpaired) electrons. The number of hydrogen-bond acceptors (Lipinski definition) is 3. The molecule has 0 amide bonds. The molecule has 1 heterocycles. The van der Waals surface area contributed by atoms with Crippen LogP contribution in [0, 0.1) is 6.07 Å². The van der Waals surface area contributed by atoms with E-state index in [4.69, 9.17) is 4.74 Å². The summed E-state index contributed by atoms with van der Waals surface area (Å²) in [5.41, 5.74) is 1.73. The van der Waals surface area contributed by atoms with Gasteiger partial charge in [-0.05, 0) is 6.07 Å². The Balaban J connectivity index is 2.34. The Morgan fingerprint density at radius 2 is 2.14 bits per heavy atom. The van der Waals surface area contributed by atoms with Gasteiger partial charge in [0, 0.05) is 5.56 Å². The Bertz CT molecular complexity index is 397. The van der Waals surface area contributed by atoms with Gasteiger partial charge in [0.25, 0.3) is 0 Å². The highest BCUT2D eigenvalue weighted by atomic mass is 16.5. The summed E-state index contributed by atoms with van der Waals surface area (Å²) < 4.78 is 4.92. The van der Waals surface area contributed by atoms with Crippen molar-refractivity contribution in [2.75, 3.05) is 7.11 Å². The molecule has 0 saturated carbocycles. The van der Waals surface area contributed by atoms with E-state index in [2.05, 4.69) is 16.0 Å². The third-order valence-corrected chi connectivity index (χ3v) is 1.82. The van der Waals surface area contributed by atoms with Crippen LogP contribution in [0.4, 0.5) is 0 Å². The zero-order valence-corrected chi connectivity index (χ0v) is 7.77. The van der Waals surface area contributed by atoms with Crippen molar-refractivity contribution < 1.29 is 4.74 Å². The van der Waals surface area contributed by atoms with Crippen LogP contribution in [0.5, 0.6) is 5.88 Å². The van der Waals surface area contributed by atoms with Crippen LogP contribution < -0.4 is 4.74 Å². The number of ether oxygens (including phenoxy) is 1. The SMILES string of the molecule is COc1cnc(-c2[c]cccc2)cn1. The first-order chi connectivity index (χ1) is 6.90. The largest absolute Gasteiger partial charge is 0.480 e. The number of hydrogen-bond donors (Lipinski definition) is 0. The summed E-state index contributed by atoms with van der Waals surface area (Å²) in [6.45, 7) is 0. The second-order valence-corrected chi connectivity index (χ2v) is 2.72. The first-order valence-electron chi connectivity index (χ1n) is 4.23. The summed E-state index contributed by atoms with van der Waals surface area (Å²) in [5, 5.41) is 0. The lowest BCUT2D eigenvalue weighted by Gasteiger charge is -2.00. The Morgan fingerprint density at radius 1 is 1.21 bits per heavy atom. The lowest BCUT2D eigenvalue weighted by molar-refractivity contribution is 0.396. The highest BCUT2D eigenvalue weighted by Crippen LogP contribution is 2.15. The van der Waals surface area contributed by atoms with Crippen molar-refractivity contribution >= 4 is 0 Å². The van der Waals surface area contributed by atoms with Crippen LogP contribution in [0.15, 0.2) is 36.7 Å². The lowest BCUT2D eigenvalue weighted by atomic mass is 10.2. The number of benzene rings is 1. The zero-order chi connectivity index (χ0) is 9.80. The van der Waals surface area contributed by atoms with Gasteiger partial charge in [-0.25, -0.2) is 9.97 Å². The molecule has 14 heavy (non-hydrogen) atoms. The standard InChI is InChI=1S/C11H9N2O/c1-14-11-8-12-10(7-13-11)9-5-3-2-4-6-9/h2-5,7-8H,1H3. The van der Waals surface area contributed by atoms with Gasteiger partial charge in [-0.3, -0.25) is 0 Å². The fourth-order valence-corrected chi connectivity index (χ4v) is 1.11. The van der Waals surface area contributed by atoms with E-state index in [0.29, 0.717) is 5.88 Å². The van der Waals surface area contributed by atoms with Crippen LogP contribution in [-0.2, 0) is 0 Å². The van der Waals surface area contributed by atoms with Crippen molar-refractivity contribution in [2.24, 2.45) is 0 Å². The van der Waals surface area contributed by atoms with E-state index in [9.17, 15) is 0 Å². The average Bonchev–Trinajstić information content (AvgIpc) is 2.30. The van der Waals surface area contributed by atoms with E-state index in [1.165, 1.54) is 0 Å². The molecule has 0 aliphatic carbocycles. The molecule has 3 nitrogen and oxygen atoms in total. The molecule has 2 aromatic rings. The quantitative estimate of drug-likeness (QED) is 0.717. The van der Waals surface area contributed by atoms with Crippen LogP contribution in [0.25, 0.3) is 11.3 Å². The summed E-state index contributed by atoms with van der Waals surface area (Å²) in [4.78, 5) is 8.27. The van der Waals surface area contributed by atoms with E-state index < -0.39 is 0 Å². The maximum atomic E-state index is 4.92. The number of nitrogens with zero attached hydrogens (tertiary/aromatic N) is 2. The van der Waals surface area contributed by atoms with Crippen LogP contribution in [-0.4, -0.2) is 17.1 Å². The minimum atomic E-state index is 0.518. The topological polar surface area (TPSA) is 35.0 Å². The Kier molecular flexibility index (Phi) is 2.40. The van der Waals surface area contributed by atoms with Gasteiger partial charge >= 0.3 is 0 Å². The molecule has 0 aliphatic rings. The van der Waals surface area contributed by atoms with E-state index >= 15 is 0 Å². The van der Waals surface area contributed by atoms with Gasteiger partial charge in [-0.15, -0.1) is 0 Å². The maximum Gasteiger partial charge on any atom is 0.232 e. The molecule has 0 atom stereocenters. The average molecular weight is 185 g/mol. The Hall–Kier alpha value is -1.90. The molecule has 0 aliphatic heterocycles. The molecular weight excluding hydrogens is 176 g/mol. The van der Waals surface area contributed by atoms with Crippen molar-refractivity contribution in [3.05, 3.63) is 42.7 Å². The summed E-state index contributed by atoms with van der Waals surface area (Å²) in [6, 6.07) is 10.7. The molecule has 1 aromatic heterocycles. The normalized spacial score (nSPS) is 9.79. The Morgan fingerprint density at radius 3 is 2.71 bits per heavy atom. The molecule has 69 valence electrons. The van der Waals surface area contributed by atoms with Crippen LogP contribution in [0.2, 0.25) is 0 Å². The first kappa shape index (κ1) is 8.69. The van der Waals surface area contributed by atoms with Crippen molar-refractivity contribution in [2.45, 2.75) is 0 Å². The number of rotatable bonds is 2. The van der Waals surface area contributed by atoms with Crippen LogP contribution in [0.1, 0.15) is 0 Å². The van der Waals surface area contributed by atoms with Crippen molar-refractivity contribution in [1.82, 2.24) is 9.97 Å². The van der Waals surface area contributed by atoms with Gasteiger partial charge in [0.05, 0.1) is 25.2 Å². The zero-order valence-electron chi connectivity index (χ0n) is 7.77. The van der Waals surface area contributed by atoms with E-state index in [-0.39, 0.29) is 0 Å². The molecule has 0 saturated heterocycles. The van der Waals surface area contributed by atoms with Crippen LogP contribution >= 0.6 is 0 Å². The van der Waals surface area contributed by atoms with Gasteiger partial charge in [0.15, 0.2) is 0 Å². The number of aromatic nitrogens is 2. The van der Waals surface area contributed by atoms with E-state index in [0.717, 1.165) is 11.3 Å². The van der Waals surface area contributed by atoms with Gasteiger partial charge in [0.1, 0.15) is 0 Å². The summed E-state index contributed by atoms with van der Waals surface area (Å²) in [5.74, 6) is 0.518. The minimum Gasteiger partial charge on any atom is -0.480 e. The van der Waals surface area contributed by atoms with Gasteiger partial charge in [0.2, 0.25) is 5.88 Å². The van der Waals surface area contributed by atoms with E-state index in [1.54, 1.807) is 19.5 Å². The molecule has 0 spiro atoms. The van der Waals surface area contributed by atoms with E-state index in [1.807, 2.05) is 24.3 Å². The van der Waals surface area contributed by atoms with Crippen LogP contribution in [0.3, 0.4) is 0 Å². The molecule has 0 fully saturated rings. The lowest BCUT2D eigenvalue weighted by Crippen LogP contribution is -1.90. The molecule has 1 aromatic carbocycles. The maximum absolute atomic E-state index is 4.92. The third kappa shape index (κ3) is 1.71. The fraction of sp³-hybridized carbons (Fsp3) is 0.0909. The van der Waals surface area contributed by atoms with Crippen molar-refractivity contribution in [3.63, 3.8) is 0 Å². The summed E-state index contributed by atoms with van der Waals surface area (Å²) in [6.07, 6.45) is 3.26. The highest BCUT2D eigenvalue weighted by Gasteiger charge is 1.99. The van der Waals surface area contributed by atoms with Gasteiger partial charge in [-0.1, -0.05) is 24.3 Å². The first-order valence-corrected chi connectivity index (χ1v) is 4.23. The predicted molar refractivity (Wildman–Crippen MR) is 52.9 cm³/mol. The summed E-state index contributed by atoms with van der Waals surface area (Å²) in [7, 11) is 1.57. The van der Waals surface area contributed by atoms with Gasteiger partial charge < -0.3 is 4.74 Å². The molecule has 0 bridgehead atoms. The fourth-order valence-electron chi connectivity index (χ4n) is 1.11. The molecule has 0 unspecified atom stereocenters. The third-order valence-electron chi connectivity index (χ3n) is 1.82. The smallest absolute Gasteiger partial charge is 0.232 e. The summed E-state index contributed by atoms with van der Waals surface area (Å²) >= 11 is 0. The molecular formula is C11H9N2O. The second-order valence-electron chi connectivity index (χ2n) is 2.72. The van der Waals surface area contributed by atoms with Crippen molar-refractivity contribution in [1.29, 1.82) is 0 Å². The highest BCUT2D eigenvalue weighted by molar-refractivity contribution is 5.56. The Labute approximate surface area is 82.4 Å². The second kappa shape index (κ2) is 3.87. The predicted octanol–water partition coefficient (Wildman–Crippen LogP) is 1.95. The molecule has 3 heteroatoms. The van der Waals surface area contributed by atoms with Crippen molar-refractivity contribution in [3.8, 4) is 17.1 Å². The monoisotopic (exact) mass is 185 g/mol.